The van der Waals surface area contributed by atoms with Gasteiger partial charge in [-0.3, -0.25) is 9.36 Å². The molecule has 0 radical (unpaired) electrons. The molecule has 4 nitrogen and oxygen atoms in total. The molecular weight excluding hydrogens is 252 g/mol. The Kier molecular flexibility index (Phi) is 3.83. The second kappa shape index (κ2) is 5.75. The monoisotopic (exact) mass is 272 g/mol. The maximum atomic E-state index is 12.3. The summed E-state index contributed by atoms with van der Waals surface area (Å²) in [4.78, 5) is 16.6. The molecule has 1 heterocycles. The molecule has 0 amide bonds. The summed E-state index contributed by atoms with van der Waals surface area (Å²) in [5.74, 6) is 0.620. The van der Waals surface area contributed by atoms with Gasteiger partial charge in [-0.15, -0.1) is 0 Å². The van der Waals surface area contributed by atoms with Crippen LogP contribution in [0.5, 0.6) is 0 Å². The minimum Gasteiger partial charge on any atom is -0.391 e. The predicted octanol–water partition coefficient (Wildman–Crippen LogP) is 2.34. The zero-order valence-electron chi connectivity index (χ0n) is 11.5. The van der Waals surface area contributed by atoms with Gasteiger partial charge in [0.25, 0.3) is 5.56 Å². The van der Waals surface area contributed by atoms with Gasteiger partial charge in [0.05, 0.1) is 29.9 Å². The molecule has 1 fully saturated rings. The highest BCUT2D eigenvalue weighted by Crippen LogP contribution is 2.28. The number of nitrogens with zero attached hydrogens (tertiary/aromatic N) is 2. The Balaban J connectivity index is 1.76. The minimum absolute atomic E-state index is 0.0685. The SMILES string of the molecule is O=c1c2ccccc2ncn1CC(O)CC1CCCC1. The van der Waals surface area contributed by atoms with E-state index in [2.05, 4.69) is 4.98 Å². The minimum atomic E-state index is -0.459. The van der Waals surface area contributed by atoms with E-state index in [1.165, 1.54) is 30.3 Å². The first-order valence-electron chi connectivity index (χ1n) is 7.36. The van der Waals surface area contributed by atoms with Crippen molar-refractivity contribution >= 4 is 10.9 Å². The molecular formula is C16H20N2O2. The average molecular weight is 272 g/mol. The molecule has 2 aromatic rings. The first-order chi connectivity index (χ1) is 9.74. The van der Waals surface area contributed by atoms with Crippen molar-refractivity contribution in [3.63, 3.8) is 0 Å². The maximum Gasteiger partial charge on any atom is 0.261 e. The van der Waals surface area contributed by atoms with Crippen LogP contribution in [0.15, 0.2) is 35.4 Å². The number of benzene rings is 1. The molecule has 1 N–H and O–H groups in total. The fraction of sp³-hybridized carbons (Fsp3) is 0.500. The van der Waals surface area contributed by atoms with Crippen molar-refractivity contribution < 1.29 is 5.11 Å². The van der Waals surface area contributed by atoms with E-state index in [4.69, 9.17) is 0 Å². The molecule has 1 unspecified atom stereocenters. The van der Waals surface area contributed by atoms with E-state index in [9.17, 15) is 9.90 Å². The number of hydrogen-bond acceptors (Lipinski definition) is 3. The van der Waals surface area contributed by atoms with E-state index in [1.54, 1.807) is 12.4 Å². The summed E-state index contributed by atoms with van der Waals surface area (Å²) in [6, 6.07) is 7.32. The summed E-state index contributed by atoms with van der Waals surface area (Å²) >= 11 is 0. The predicted molar refractivity (Wildman–Crippen MR) is 78.6 cm³/mol. The number of hydrogen-bond donors (Lipinski definition) is 1. The zero-order chi connectivity index (χ0) is 13.9. The lowest BCUT2D eigenvalue weighted by molar-refractivity contribution is 0.123. The lowest BCUT2D eigenvalue weighted by Gasteiger charge is -2.16. The van der Waals surface area contributed by atoms with Crippen molar-refractivity contribution in [2.24, 2.45) is 5.92 Å². The van der Waals surface area contributed by atoms with Gasteiger partial charge in [0.1, 0.15) is 0 Å². The summed E-state index contributed by atoms with van der Waals surface area (Å²) in [6.45, 7) is 0.340. The van der Waals surface area contributed by atoms with Gasteiger partial charge in [0.2, 0.25) is 0 Å². The molecule has 20 heavy (non-hydrogen) atoms. The first kappa shape index (κ1) is 13.3. The van der Waals surface area contributed by atoms with Gasteiger partial charge in [0, 0.05) is 0 Å². The van der Waals surface area contributed by atoms with Gasteiger partial charge in [-0.05, 0) is 24.5 Å². The smallest absolute Gasteiger partial charge is 0.261 e. The van der Waals surface area contributed by atoms with E-state index in [1.807, 2.05) is 18.2 Å². The van der Waals surface area contributed by atoms with Gasteiger partial charge < -0.3 is 5.11 Å². The Labute approximate surface area is 118 Å². The van der Waals surface area contributed by atoms with Gasteiger partial charge in [-0.2, -0.15) is 0 Å². The van der Waals surface area contributed by atoms with E-state index in [0.29, 0.717) is 23.4 Å². The van der Waals surface area contributed by atoms with Crippen LogP contribution in [-0.4, -0.2) is 20.8 Å². The van der Waals surface area contributed by atoms with E-state index in [-0.39, 0.29) is 5.56 Å². The first-order valence-corrected chi connectivity index (χ1v) is 7.36. The van der Waals surface area contributed by atoms with Crippen LogP contribution < -0.4 is 5.56 Å². The second-order valence-electron chi connectivity index (χ2n) is 5.76. The van der Waals surface area contributed by atoms with Crippen LogP contribution in [-0.2, 0) is 6.54 Å². The Hall–Kier alpha value is -1.68. The van der Waals surface area contributed by atoms with Gasteiger partial charge in [-0.1, -0.05) is 37.8 Å². The van der Waals surface area contributed by atoms with Gasteiger partial charge >= 0.3 is 0 Å². The largest absolute Gasteiger partial charge is 0.391 e. The molecule has 0 spiro atoms. The lowest BCUT2D eigenvalue weighted by Crippen LogP contribution is -2.28. The summed E-state index contributed by atoms with van der Waals surface area (Å²) in [5.41, 5.74) is 0.639. The van der Waals surface area contributed by atoms with Gasteiger partial charge in [-0.25, -0.2) is 4.98 Å². The molecule has 106 valence electrons. The Bertz CT molecular complexity index is 644. The van der Waals surface area contributed by atoms with Crippen molar-refractivity contribution in [3.8, 4) is 0 Å². The molecule has 0 saturated heterocycles. The number of aliphatic hydroxyl groups excluding tert-OH is 1. The van der Waals surface area contributed by atoms with Crippen molar-refractivity contribution in [2.75, 3.05) is 0 Å². The maximum absolute atomic E-state index is 12.3. The fourth-order valence-electron chi connectivity index (χ4n) is 3.17. The van der Waals surface area contributed by atoms with Crippen molar-refractivity contribution in [1.29, 1.82) is 0 Å². The molecule has 1 aliphatic carbocycles. The molecule has 1 aliphatic rings. The standard InChI is InChI=1S/C16H20N2O2/c19-13(9-12-5-1-2-6-12)10-18-11-17-15-8-4-3-7-14(15)16(18)20/h3-4,7-8,11-13,19H,1-2,5-6,9-10H2. The molecule has 0 bridgehead atoms. The normalized spacial score (nSPS) is 17.6. The Morgan fingerprint density at radius 2 is 2.05 bits per heavy atom. The summed E-state index contributed by atoms with van der Waals surface area (Å²) in [5, 5.41) is 10.8. The van der Waals surface area contributed by atoms with Crippen LogP contribution in [0.4, 0.5) is 0 Å². The van der Waals surface area contributed by atoms with Crippen molar-refractivity contribution in [2.45, 2.75) is 44.8 Å². The second-order valence-corrected chi connectivity index (χ2v) is 5.76. The van der Waals surface area contributed by atoms with E-state index < -0.39 is 6.10 Å². The Morgan fingerprint density at radius 3 is 2.85 bits per heavy atom. The highest BCUT2D eigenvalue weighted by Gasteiger charge is 2.19. The van der Waals surface area contributed by atoms with E-state index in [0.717, 1.165) is 6.42 Å². The van der Waals surface area contributed by atoms with Crippen LogP contribution in [0.25, 0.3) is 10.9 Å². The Morgan fingerprint density at radius 1 is 1.30 bits per heavy atom. The highest BCUT2D eigenvalue weighted by molar-refractivity contribution is 5.76. The third kappa shape index (κ3) is 2.75. The number of aliphatic hydroxyl groups is 1. The third-order valence-corrected chi connectivity index (χ3v) is 4.22. The van der Waals surface area contributed by atoms with Crippen LogP contribution in [0.3, 0.4) is 0 Å². The molecule has 1 aromatic carbocycles. The quantitative estimate of drug-likeness (QED) is 0.929. The number of rotatable bonds is 4. The van der Waals surface area contributed by atoms with Gasteiger partial charge in [0.15, 0.2) is 0 Å². The number of fused-ring (bicyclic) bond motifs is 1. The van der Waals surface area contributed by atoms with Crippen LogP contribution in [0.1, 0.15) is 32.1 Å². The van der Waals surface area contributed by atoms with Crippen LogP contribution >= 0.6 is 0 Å². The number of para-hydroxylation sites is 1. The molecule has 3 rings (SSSR count). The molecule has 4 heteroatoms. The highest BCUT2D eigenvalue weighted by atomic mass is 16.3. The average Bonchev–Trinajstić information content (AvgIpc) is 2.95. The molecule has 1 saturated carbocycles. The molecule has 0 aliphatic heterocycles. The molecule has 1 aromatic heterocycles. The topological polar surface area (TPSA) is 55.1 Å². The molecule has 1 atom stereocenters. The van der Waals surface area contributed by atoms with Crippen LogP contribution in [0.2, 0.25) is 0 Å². The summed E-state index contributed by atoms with van der Waals surface area (Å²) in [7, 11) is 0. The number of aromatic nitrogens is 2. The third-order valence-electron chi connectivity index (χ3n) is 4.22. The lowest BCUT2D eigenvalue weighted by atomic mass is 10.00. The zero-order valence-corrected chi connectivity index (χ0v) is 11.5. The van der Waals surface area contributed by atoms with Crippen molar-refractivity contribution in [1.82, 2.24) is 9.55 Å². The summed E-state index contributed by atoms with van der Waals surface area (Å²) < 4.78 is 1.53. The van der Waals surface area contributed by atoms with E-state index >= 15 is 0 Å². The summed E-state index contributed by atoms with van der Waals surface area (Å²) in [6.07, 6.45) is 6.84. The van der Waals surface area contributed by atoms with Crippen molar-refractivity contribution in [3.05, 3.63) is 40.9 Å². The van der Waals surface area contributed by atoms with Crippen LogP contribution in [0, 0.1) is 5.92 Å². The fourth-order valence-corrected chi connectivity index (χ4v) is 3.17.